The van der Waals surface area contributed by atoms with Crippen LogP contribution in [-0.2, 0) is 16.0 Å². The third-order valence-corrected chi connectivity index (χ3v) is 2.37. The molecule has 0 amide bonds. The number of hydrogen-bond donors (Lipinski definition) is 0. The van der Waals surface area contributed by atoms with E-state index in [2.05, 4.69) is 5.10 Å². The molecular formula is C9H15N3O4. The number of nitro groups is 1. The molecule has 0 atom stereocenters. The molecule has 0 N–H and O–H groups in total. The second-order valence-electron chi connectivity index (χ2n) is 3.36. The first-order valence-corrected chi connectivity index (χ1v) is 4.75. The minimum absolute atomic E-state index is 0.0472. The highest BCUT2D eigenvalue weighted by atomic mass is 16.7. The fourth-order valence-corrected chi connectivity index (χ4v) is 1.52. The Hall–Kier alpha value is -1.47. The molecule has 90 valence electrons. The molecule has 0 saturated heterocycles. The molecule has 7 nitrogen and oxygen atoms in total. The van der Waals surface area contributed by atoms with Gasteiger partial charge in [0.25, 0.3) is 0 Å². The van der Waals surface area contributed by atoms with Gasteiger partial charge in [0.1, 0.15) is 11.4 Å². The van der Waals surface area contributed by atoms with Gasteiger partial charge in [0.2, 0.25) is 0 Å². The third-order valence-electron chi connectivity index (χ3n) is 2.37. The third kappa shape index (κ3) is 2.37. The summed E-state index contributed by atoms with van der Waals surface area (Å²) in [6.45, 7) is 3.59. The second-order valence-corrected chi connectivity index (χ2v) is 3.36. The van der Waals surface area contributed by atoms with Gasteiger partial charge in [0.05, 0.1) is 11.5 Å². The Morgan fingerprint density at radius 2 is 2.00 bits per heavy atom. The normalized spacial score (nSPS) is 11.1. The maximum absolute atomic E-state index is 10.8. The van der Waals surface area contributed by atoms with Gasteiger partial charge in [-0.05, 0) is 13.8 Å². The average Bonchev–Trinajstić information content (AvgIpc) is 2.50. The van der Waals surface area contributed by atoms with E-state index in [0.717, 1.165) is 0 Å². The smallest absolute Gasteiger partial charge is 0.312 e. The summed E-state index contributed by atoms with van der Waals surface area (Å²) in [7, 11) is 3.02. The first-order valence-electron chi connectivity index (χ1n) is 4.75. The highest BCUT2D eigenvalue weighted by Crippen LogP contribution is 2.22. The number of ether oxygens (including phenoxy) is 2. The number of aryl methyl sites for hydroxylation is 1. The Balaban J connectivity index is 2.98. The summed E-state index contributed by atoms with van der Waals surface area (Å²) < 4.78 is 11.5. The lowest BCUT2D eigenvalue weighted by Gasteiger charge is -2.13. The molecule has 7 heteroatoms. The first kappa shape index (κ1) is 12.6. The van der Waals surface area contributed by atoms with Crippen LogP contribution in [0.25, 0.3) is 0 Å². The summed E-state index contributed by atoms with van der Waals surface area (Å²) in [5, 5.41) is 14.9. The molecule has 1 heterocycles. The largest absolute Gasteiger partial charge is 0.354 e. The number of hydrogen-bond acceptors (Lipinski definition) is 5. The van der Waals surface area contributed by atoms with E-state index >= 15 is 0 Å². The fraction of sp³-hybridized carbons (Fsp3) is 0.667. The van der Waals surface area contributed by atoms with E-state index in [1.54, 1.807) is 13.8 Å². The van der Waals surface area contributed by atoms with Crippen LogP contribution in [0.15, 0.2) is 0 Å². The fourth-order valence-electron chi connectivity index (χ4n) is 1.52. The highest BCUT2D eigenvalue weighted by Gasteiger charge is 2.23. The zero-order chi connectivity index (χ0) is 12.3. The molecular weight excluding hydrogens is 214 g/mol. The van der Waals surface area contributed by atoms with Crippen molar-refractivity contribution in [3.8, 4) is 0 Å². The van der Waals surface area contributed by atoms with Gasteiger partial charge in [-0.2, -0.15) is 5.10 Å². The minimum atomic E-state index is -0.461. The summed E-state index contributed by atoms with van der Waals surface area (Å²) in [4.78, 5) is 10.3. The molecule has 0 unspecified atom stereocenters. The van der Waals surface area contributed by atoms with Crippen LogP contribution >= 0.6 is 0 Å². The molecule has 0 aliphatic heterocycles. The van der Waals surface area contributed by atoms with Crippen molar-refractivity contribution in [2.75, 3.05) is 14.2 Å². The molecule has 0 aromatic carbocycles. The van der Waals surface area contributed by atoms with E-state index < -0.39 is 11.2 Å². The molecule has 1 rings (SSSR count). The molecule has 0 radical (unpaired) electrons. The molecule has 1 aromatic heterocycles. The zero-order valence-corrected chi connectivity index (χ0v) is 9.76. The monoisotopic (exact) mass is 229 g/mol. The molecule has 16 heavy (non-hydrogen) atoms. The standard InChI is InChI=1S/C9H15N3O4/c1-6-9(12(13)14)7(2)11(10-6)5-8(15-3)16-4/h8H,5H2,1-4H3. The molecule has 0 saturated carbocycles. The first-order chi connectivity index (χ1) is 7.51. The quantitative estimate of drug-likeness (QED) is 0.428. The van der Waals surface area contributed by atoms with Gasteiger partial charge in [-0.3, -0.25) is 14.8 Å². The molecule has 0 aliphatic carbocycles. The minimum Gasteiger partial charge on any atom is -0.354 e. The maximum atomic E-state index is 10.8. The predicted octanol–water partition coefficient (Wildman–Crippen LogP) is 1.03. The van der Waals surface area contributed by atoms with Crippen molar-refractivity contribution < 1.29 is 14.4 Å². The SMILES string of the molecule is COC(Cn1nc(C)c([N+](=O)[O-])c1C)OC. The van der Waals surface area contributed by atoms with E-state index in [0.29, 0.717) is 17.9 Å². The van der Waals surface area contributed by atoms with Crippen LogP contribution in [-0.4, -0.2) is 35.2 Å². The number of rotatable bonds is 5. The Morgan fingerprint density at radius 1 is 1.44 bits per heavy atom. The Morgan fingerprint density at radius 3 is 2.38 bits per heavy atom. The summed E-state index contributed by atoms with van der Waals surface area (Å²) in [6.07, 6.45) is -0.461. The van der Waals surface area contributed by atoms with Crippen molar-refractivity contribution in [1.82, 2.24) is 9.78 Å². The van der Waals surface area contributed by atoms with E-state index in [4.69, 9.17) is 9.47 Å². The van der Waals surface area contributed by atoms with Crippen LogP contribution < -0.4 is 0 Å². The van der Waals surface area contributed by atoms with Gasteiger partial charge in [0.15, 0.2) is 6.29 Å². The molecule has 1 aromatic rings. The number of methoxy groups -OCH3 is 2. The molecule has 0 aliphatic rings. The van der Waals surface area contributed by atoms with Crippen LogP contribution in [0, 0.1) is 24.0 Å². The molecule has 0 spiro atoms. The van der Waals surface area contributed by atoms with Crippen LogP contribution in [0.3, 0.4) is 0 Å². The van der Waals surface area contributed by atoms with Crippen molar-refractivity contribution in [2.24, 2.45) is 0 Å². The van der Waals surface area contributed by atoms with Crippen molar-refractivity contribution in [1.29, 1.82) is 0 Å². The lowest BCUT2D eigenvalue weighted by atomic mass is 10.3. The van der Waals surface area contributed by atoms with E-state index in [9.17, 15) is 10.1 Å². The Kier molecular flexibility index (Phi) is 3.97. The van der Waals surface area contributed by atoms with Gasteiger partial charge < -0.3 is 9.47 Å². The molecule has 0 bridgehead atoms. The van der Waals surface area contributed by atoms with Crippen LogP contribution in [0.5, 0.6) is 0 Å². The van der Waals surface area contributed by atoms with E-state index in [-0.39, 0.29) is 5.69 Å². The van der Waals surface area contributed by atoms with E-state index in [1.165, 1.54) is 18.9 Å². The van der Waals surface area contributed by atoms with Crippen LogP contribution in [0.1, 0.15) is 11.4 Å². The summed E-state index contributed by atoms with van der Waals surface area (Å²) in [5.74, 6) is 0. The van der Waals surface area contributed by atoms with Crippen molar-refractivity contribution in [2.45, 2.75) is 26.7 Å². The van der Waals surface area contributed by atoms with Crippen molar-refractivity contribution in [3.05, 3.63) is 21.5 Å². The summed E-state index contributed by atoms with van der Waals surface area (Å²) >= 11 is 0. The Bertz CT molecular complexity index is 384. The lowest BCUT2D eigenvalue weighted by Crippen LogP contribution is -2.22. The molecule has 0 fully saturated rings. The summed E-state index contributed by atoms with van der Waals surface area (Å²) in [6, 6.07) is 0. The van der Waals surface area contributed by atoms with Crippen LogP contribution in [0.4, 0.5) is 5.69 Å². The Labute approximate surface area is 93.1 Å². The van der Waals surface area contributed by atoms with Gasteiger partial charge in [-0.25, -0.2) is 0 Å². The highest BCUT2D eigenvalue weighted by molar-refractivity contribution is 5.39. The topological polar surface area (TPSA) is 79.4 Å². The van der Waals surface area contributed by atoms with E-state index in [1.807, 2.05) is 0 Å². The van der Waals surface area contributed by atoms with Gasteiger partial charge in [-0.15, -0.1) is 0 Å². The lowest BCUT2D eigenvalue weighted by molar-refractivity contribution is -0.386. The van der Waals surface area contributed by atoms with Crippen molar-refractivity contribution >= 4 is 5.69 Å². The predicted molar refractivity (Wildman–Crippen MR) is 56.2 cm³/mol. The second kappa shape index (κ2) is 5.04. The average molecular weight is 229 g/mol. The number of aromatic nitrogens is 2. The van der Waals surface area contributed by atoms with Crippen LogP contribution in [0.2, 0.25) is 0 Å². The maximum Gasteiger partial charge on any atom is 0.312 e. The van der Waals surface area contributed by atoms with Crippen molar-refractivity contribution in [3.63, 3.8) is 0 Å². The van der Waals surface area contributed by atoms with Gasteiger partial charge in [-0.1, -0.05) is 0 Å². The summed E-state index contributed by atoms with van der Waals surface area (Å²) in [5.41, 5.74) is 0.945. The zero-order valence-electron chi connectivity index (χ0n) is 9.76. The number of nitrogens with zero attached hydrogens (tertiary/aromatic N) is 3. The van der Waals surface area contributed by atoms with Gasteiger partial charge in [0, 0.05) is 14.2 Å². The van der Waals surface area contributed by atoms with Gasteiger partial charge >= 0.3 is 5.69 Å².